The zero-order valence-corrected chi connectivity index (χ0v) is 11.3. The number of aromatic hydroxyl groups is 1. The van der Waals surface area contributed by atoms with Crippen molar-refractivity contribution in [2.75, 3.05) is 6.54 Å². The van der Waals surface area contributed by atoms with Crippen LogP contribution in [0.2, 0.25) is 5.02 Å². The lowest BCUT2D eigenvalue weighted by Crippen LogP contribution is -2.29. The van der Waals surface area contributed by atoms with Gasteiger partial charge in [0.25, 0.3) is 0 Å². The summed E-state index contributed by atoms with van der Waals surface area (Å²) in [6, 6.07) is 7.72. The minimum atomic E-state index is -0.885. The van der Waals surface area contributed by atoms with Crippen LogP contribution in [-0.2, 0) is 11.2 Å². The van der Waals surface area contributed by atoms with E-state index in [0.29, 0.717) is 16.3 Å². The molecule has 1 atom stereocenters. The Morgan fingerprint density at radius 3 is 2.85 bits per heavy atom. The number of aliphatic hydroxyl groups is 1. The number of aliphatic hydroxyl groups excluding tert-OH is 1. The Balaban J connectivity index is 1.86. The molecule has 0 spiro atoms. The summed E-state index contributed by atoms with van der Waals surface area (Å²) in [6.45, 7) is 0.0576. The second kappa shape index (κ2) is 6.45. The minimum Gasteiger partial charge on any atom is -0.508 e. The van der Waals surface area contributed by atoms with Crippen molar-refractivity contribution in [1.82, 2.24) is 5.32 Å². The van der Waals surface area contributed by atoms with Crippen LogP contribution < -0.4 is 5.32 Å². The normalized spacial score (nSPS) is 12.1. The summed E-state index contributed by atoms with van der Waals surface area (Å²) in [6.07, 6.45) is 0.643. The monoisotopic (exact) mass is 295 g/mol. The van der Waals surface area contributed by atoms with Crippen LogP contribution in [0, 0.1) is 0 Å². The van der Waals surface area contributed by atoms with Crippen LogP contribution in [0.5, 0.6) is 5.75 Å². The fourth-order valence-electron chi connectivity index (χ4n) is 1.71. The maximum atomic E-state index is 11.7. The van der Waals surface area contributed by atoms with Gasteiger partial charge in [-0.1, -0.05) is 17.7 Å². The quantitative estimate of drug-likeness (QED) is 0.788. The van der Waals surface area contributed by atoms with Gasteiger partial charge >= 0.3 is 0 Å². The van der Waals surface area contributed by atoms with Crippen LogP contribution in [0.15, 0.2) is 41.0 Å². The van der Waals surface area contributed by atoms with E-state index in [0.717, 1.165) is 0 Å². The van der Waals surface area contributed by atoms with Crippen LogP contribution in [0.25, 0.3) is 0 Å². The largest absolute Gasteiger partial charge is 0.508 e. The third-order valence-corrected chi connectivity index (χ3v) is 3.10. The van der Waals surface area contributed by atoms with E-state index in [1.165, 1.54) is 18.4 Å². The Morgan fingerprint density at radius 1 is 1.40 bits per heavy atom. The van der Waals surface area contributed by atoms with Gasteiger partial charge in [0.1, 0.15) is 17.6 Å². The van der Waals surface area contributed by atoms with Crippen molar-refractivity contribution >= 4 is 17.5 Å². The minimum absolute atomic E-state index is 0.0485. The van der Waals surface area contributed by atoms with Gasteiger partial charge in [0.15, 0.2) is 0 Å². The van der Waals surface area contributed by atoms with E-state index in [2.05, 4.69) is 5.32 Å². The molecule has 106 valence electrons. The molecule has 0 radical (unpaired) electrons. The molecule has 1 amide bonds. The van der Waals surface area contributed by atoms with Crippen molar-refractivity contribution < 1.29 is 19.4 Å². The first-order valence-corrected chi connectivity index (χ1v) is 6.39. The Labute approximate surface area is 120 Å². The van der Waals surface area contributed by atoms with Gasteiger partial charge in [-0.3, -0.25) is 4.79 Å². The molecule has 0 fully saturated rings. The predicted octanol–water partition coefficient (Wildman–Crippen LogP) is 2.03. The summed E-state index contributed by atoms with van der Waals surface area (Å²) in [5.74, 6) is 0.170. The maximum absolute atomic E-state index is 11.7. The first kappa shape index (κ1) is 14.4. The third kappa shape index (κ3) is 3.76. The van der Waals surface area contributed by atoms with E-state index >= 15 is 0 Å². The molecule has 1 aromatic carbocycles. The fourth-order valence-corrected chi connectivity index (χ4v) is 1.95. The van der Waals surface area contributed by atoms with E-state index in [4.69, 9.17) is 16.0 Å². The molecular weight excluding hydrogens is 282 g/mol. The molecule has 0 aliphatic heterocycles. The SMILES string of the molecule is O=C(Cc1ccc(O)cc1Cl)NCC(O)c1ccco1. The van der Waals surface area contributed by atoms with Crippen molar-refractivity contribution in [2.45, 2.75) is 12.5 Å². The highest BCUT2D eigenvalue weighted by Gasteiger charge is 2.13. The van der Waals surface area contributed by atoms with Gasteiger partial charge in [0.2, 0.25) is 5.91 Å². The second-order valence-electron chi connectivity index (χ2n) is 4.29. The highest BCUT2D eigenvalue weighted by molar-refractivity contribution is 6.31. The Hall–Kier alpha value is -1.98. The summed E-state index contributed by atoms with van der Waals surface area (Å²) < 4.78 is 5.03. The summed E-state index contributed by atoms with van der Waals surface area (Å²) in [4.78, 5) is 11.7. The number of hydrogen-bond acceptors (Lipinski definition) is 4. The maximum Gasteiger partial charge on any atom is 0.224 e. The molecule has 2 aromatic rings. The molecule has 1 unspecified atom stereocenters. The van der Waals surface area contributed by atoms with Gasteiger partial charge in [-0.05, 0) is 29.8 Å². The number of nitrogens with one attached hydrogen (secondary N) is 1. The number of furan rings is 1. The number of hydrogen-bond donors (Lipinski definition) is 3. The van der Waals surface area contributed by atoms with Gasteiger partial charge in [-0.25, -0.2) is 0 Å². The van der Waals surface area contributed by atoms with Crippen LogP contribution in [-0.4, -0.2) is 22.7 Å². The fraction of sp³-hybridized carbons (Fsp3) is 0.214. The van der Waals surface area contributed by atoms with E-state index in [-0.39, 0.29) is 24.6 Å². The number of phenolic OH excluding ortho intramolecular Hbond substituents is 1. The van der Waals surface area contributed by atoms with Gasteiger partial charge in [0.05, 0.1) is 19.2 Å². The molecule has 6 heteroatoms. The summed E-state index contributed by atoms with van der Waals surface area (Å²) in [7, 11) is 0. The molecule has 0 bridgehead atoms. The summed E-state index contributed by atoms with van der Waals surface area (Å²) in [5.41, 5.74) is 0.606. The van der Waals surface area contributed by atoms with E-state index in [1.807, 2.05) is 0 Å². The van der Waals surface area contributed by atoms with Crippen LogP contribution >= 0.6 is 11.6 Å². The summed E-state index contributed by atoms with van der Waals surface area (Å²) >= 11 is 5.91. The van der Waals surface area contributed by atoms with Crippen molar-refractivity contribution in [3.8, 4) is 5.75 Å². The molecule has 5 nitrogen and oxygen atoms in total. The molecule has 0 saturated carbocycles. The lowest BCUT2D eigenvalue weighted by atomic mass is 10.1. The van der Waals surface area contributed by atoms with E-state index in [1.54, 1.807) is 18.2 Å². The predicted molar refractivity (Wildman–Crippen MR) is 73.5 cm³/mol. The highest BCUT2D eigenvalue weighted by atomic mass is 35.5. The zero-order chi connectivity index (χ0) is 14.5. The Kier molecular flexibility index (Phi) is 4.65. The molecule has 1 aromatic heterocycles. The first-order chi connectivity index (χ1) is 9.56. The first-order valence-electron chi connectivity index (χ1n) is 6.02. The number of rotatable bonds is 5. The smallest absolute Gasteiger partial charge is 0.224 e. The van der Waals surface area contributed by atoms with Crippen molar-refractivity contribution in [3.63, 3.8) is 0 Å². The van der Waals surface area contributed by atoms with Gasteiger partial charge in [-0.2, -0.15) is 0 Å². The van der Waals surface area contributed by atoms with E-state index in [9.17, 15) is 15.0 Å². The van der Waals surface area contributed by atoms with Crippen LogP contribution in [0.4, 0.5) is 0 Å². The molecular formula is C14H14ClNO4. The number of carbonyl (C=O) groups excluding carboxylic acids is 1. The molecule has 0 saturated heterocycles. The summed E-state index contributed by atoms with van der Waals surface area (Å²) in [5, 5.41) is 21.9. The van der Waals surface area contributed by atoms with Crippen LogP contribution in [0.3, 0.4) is 0 Å². The van der Waals surface area contributed by atoms with E-state index < -0.39 is 6.10 Å². The lowest BCUT2D eigenvalue weighted by molar-refractivity contribution is -0.120. The number of phenols is 1. The van der Waals surface area contributed by atoms with Crippen molar-refractivity contribution in [2.24, 2.45) is 0 Å². The number of halogens is 1. The number of amides is 1. The average Bonchev–Trinajstić information content (AvgIpc) is 2.93. The third-order valence-electron chi connectivity index (χ3n) is 2.75. The van der Waals surface area contributed by atoms with Crippen molar-refractivity contribution in [3.05, 3.63) is 52.9 Å². The molecule has 20 heavy (non-hydrogen) atoms. The van der Waals surface area contributed by atoms with Gasteiger partial charge in [-0.15, -0.1) is 0 Å². The standard InChI is InChI=1S/C14H14ClNO4/c15-11-7-10(17)4-3-9(11)6-14(19)16-8-12(18)13-2-1-5-20-13/h1-5,7,12,17-18H,6,8H2,(H,16,19). The lowest BCUT2D eigenvalue weighted by Gasteiger charge is -2.10. The molecule has 1 heterocycles. The zero-order valence-electron chi connectivity index (χ0n) is 10.5. The topological polar surface area (TPSA) is 82.7 Å². The average molecular weight is 296 g/mol. The second-order valence-corrected chi connectivity index (χ2v) is 4.69. The highest BCUT2D eigenvalue weighted by Crippen LogP contribution is 2.21. The van der Waals surface area contributed by atoms with Gasteiger partial charge < -0.3 is 19.9 Å². The Morgan fingerprint density at radius 2 is 2.20 bits per heavy atom. The molecule has 3 N–H and O–H groups in total. The van der Waals surface area contributed by atoms with Crippen LogP contribution in [0.1, 0.15) is 17.4 Å². The molecule has 0 aliphatic rings. The number of benzene rings is 1. The Bertz CT molecular complexity index is 583. The number of carbonyl (C=O) groups is 1. The van der Waals surface area contributed by atoms with Gasteiger partial charge in [0, 0.05) is 5.02 Å². The van der Waals surface area contributed by atoms with Crippen molar-refractivity contribution in [1.29, 1.82) is 0 Å². The molecule has 0 aliphatic carbocycles. The molecule has 2 rings (SSSR count).